The van der Waals surface area contributed by atoms with Crippen LogP contribution in [0.3, 0.4) is 0 Å². The van der Waals surface area contributed by atoms with Gasteiger partial charge in [-0.05, 0) is 60.2 Å². The quantitative estimate of drug-likeness (QED) is 0.114. The van der Waals surface area contributed by atoms with E-state index in [4.69, 9.17) is 33.2 Å². The number of hydrogen-bond donors (Lipinski definition) is 1. The molecule has 2 saturated heterocycles. The molecule has 0 radical (unpaired) electrons. The van der Waals surface area contributed by atoms with Crippen molar-refractivity contribution in [3.63, 3.8) is 0 Å². The average molecular weight is 818 g/mol. The zero-order chi connectivity index (χ0) is 41.8. The third-order valence-electron chi connectivity index (χ3n) is 10.9. The molecule has 3 heterocycles. The van der Waals surface area contributed by atoms with Gasteiger partial charge in [0.25, 0.3) is 0 Å². The molecule has 0 unspecified atom stereocenters. The summed E-state index contributed by atoms with van der Waals surface area (Å²) < 4.78 is 43.3. The van der Waals surface area contributed by atoms with Crippen LogP contribution in [-0.4, -0.2) is 91.0 Å². The number of amides is 2. The van der Waals surface area contributed by atoms with Crippen LogP contribution in [0.2, 0.25) is 0 Å². The van der Waals surface area contributed by atoms with Crippen LogP contribution in [0.25, 0.3) is 0 Å². The van der Waals surface area contributed by atoms with Gasteiger partial charge in [-0.15, -0.1) is 0 Å². The van der Waals surface area contributed by atoms with Crippen molar-refractivity contribution in [2.45, 2.75) is 81.9 Å². The molecule has 0 aliphatic carbocycles. The fourth-order valence-electron chi connectivity index (χ4n) is 7.84. The summed E-state index contributed by atoms with van der Waals surface area (Å²) in [4.78, 5) is 42.4. The molecule has 0 aromatic heterocycles. The van der Waals surface area contributed by atoms with Crippen LogP contribution in [0.1, 0.15) is 41.7 Å². The topological polar surface area (TPSA) is 139 Å². The number of methoxy groups -OCH3 is 1. The first-order valence-electron chi connectivity index (χ1n) is 20.3. The van der Waals surface area contributed by atoms with Crippen molar-refractivity contribution >= 4 is 17.8 Å². The van der Waals surface area contributed by atoms with E-state index in [0.717, 1.165) is 27.2 Å². The molecule has 60 heavy (non-hydrogen) atoms. The molecule has 9 atom stereocenters. The third kappa shape index (κ3) is 10.3. The van der Waals surface area contributed by atoms with Gasteiger partial charge >= 0.3 is 6.09 Å². The van der Waals surface area contributed by atoms with Crippen molar-refractivity contribution in [1.82, 2.24) is 4.90 Å². The van der Waals surface area contributed by atoms with Crippen molar-refractivity contribution in [3.8, 4) is 0 Å². The lowest BCUT2D eigenvalue weighted by atomic mass is 9.88. The molecule has 4 aromatic carbocycles. The van der Waals surface area contributed by atoms with Crippen LogP contribution in [-0.2, 0) is 62.4 Å². The van der Waals surface area contributed by atoms with Gasteiger partial charge in [0.2, 0.25) is 5.91 Å². The monoisotopic (exact) mass is 817 g/mol. The molecule has 2 amide bonds. The summed E-state index contributed by atoms with van der Waals surface area (Å²) in [5.41, 5.74) is 3.47. The van der Waals surface area contributed by atoms with E-state index >= 15 is 0 Å². The summed E-state index contributed by atoms with van der Waals surface area (Å²) in [6.07, 6.45) is -1.19. The molecular formula is C48H51NO11. The Bertz CT molecular complexity index is 2060. The van der Waals surface area contributed by atoms with Crippen molar-refractivity contribution in [1.29, 1.82) is 0 Å². The molecule has 3 aliphatic heterocycles. The smallest absolute Gasteiger partial charge is 0.417 e. The molecule has 12 nitrogen and oxygen atoms in total. The van der Waals surface area contributed by atoms with Crippen LogP contribution in [0.4, 0.5) is 4.79 Å². The molecule has 1 N–H and O–H groups in total. The second-order valence-electron chi connectivity index (χ2n) is 14.9. The van der Waals surface area contributed by atoms with Gasteiger partial charge in [-0.1, -0.05) is 121 Å². The lowest BCUT2D eigenvalue weighted by molar-refractivity contribution is -0.319. The fraction of sp³-hybridized carbons (Fsp3) is 0.354. The molecule has 7 rings (SSSR count). The minimum Gasteiger partial charge on any atom is -0.482 e. The Kier molecular flexibility index (Phi) is 14.7. The van der Waals surface area contributed by atoms with Gasteiger partial charge in [-0.2, -0.15) is 0 Å². The summed E-state index contributed by atoms with van der Waals surface area (Å²) in [5.74, 6) is -1.61. The number of imide groups is 1. The van der Waals surface area contributed by atoms with Crippen molar-refractivity contribution in [2.24, 2.45) is 5.92 Å². The number of carbonyl (C=O) groups is 3. The van der Waals surface area contributed by atoms with Gasteiger partial charge in [0.15, 0.2) is 18.2 Å². The van der Waals surface area contributed by atoms with Gasteiger partial charge in [-0.3, -0.25) is 9.59 Å². The SMILES string of the molecule is CO[C@H]1O[C@H](CO)[C@@H](OCc2ccccc2)[C@H](OCc2ccccc2)[C@@H]1OCCC=C1C=CC(=O)[C@@H]([C@H](Cc2ccccc2)C(=O)N2C(=O)O[C@@H](c3ccccc3)[C@H]2C)O1. The molecule has 0 bridgehead atoms. The van der Waals surface area contributed by atoms with Gasteiger partial charge in [0.05, 0.1) is 38.4 Å². The maximum Gasteiger partial charge on any atom is 0.417 e. The Morgan fingerprint density at radius 2 is 1.33 bits per heavy atom. The predicted molar refractivity (Wildman–Crippen MR) is 220 cm³/mol. The summed E-state index contributed by atoms with van der Waals surface area (Å²) in [5, 5.41) is 10.4. The number of aliphatic hydroxyl groups is 1. The van der Waals surface area contributed by atoms with Crippen LogP contribution in [0.5, 0.6) is 0 Å². The Labute approximate surface area is 350 Å². The average Bonchev–Trinajstić information content (AvgIpc) is 3.59. The van der Waals surface area contributed by atoms with E-state index in [-0.39, 0.29) is 32.8 Å². The number of allylic oxidation sites excluding steroid dienone is 1. The molecule has 3 aliphatic rings. The second-order valence-corrected chi connectivity index (χ2v) is 14.9. The largest absolute Gasteiger partial charge is 0.482 e. The van der Waals surface area contributed by atoms with Crippen LogP contribution in [0, 0.1) is 5.92 Å². The van der Waals surface area contributed by atoms with E-state index in [1.165, 1.54) is 13.2 Å². The first-order valence-corrected chi connectivity index (χ1v) is 20.3. The minimum atomic E-state index is -1.20. The Morgan fingerprint density at radius 1 is 0.750 bits per heavy atom. The number of carbonyl (C=O) groups excluding carboxylic acids is 3. The second kappa shape index (κ2) is 20.7. The van der Waals surface area contributed by atoms with E-state index in [1.54, 1.807) is 19.1 Å². The highest BCUT2D eigenvalue weighted by atomic mass is 16.7. The highest BCUT2D eigenvalue weighted by Gasteiger charge is 2.50. The number of aliphatic hydroxyl groups excluding tert-OH is 1. The van der Waals surface area contributed by atoms with Gasteiger partial charge in [0, 0.05) is 7.11 Å². The van der Waals surface area contributed by atoms with E-state index < -0.39 is 72.7 Å². The maximum atomic E-state index is 14.4. The molecule has 2 fully saturated rings. The molecular weight excluding hydrogens is 767 g/mol. The normalized spacial score (nSPS) is 26.4. The number of cyclic esters (lactones) is 1. The predicted octanol–water partition coefficient (Wildman–Crippen LogP) is 6.67. The highest BCUT2D eigenvalue weighted by Crippen LogP contribution is 2.36. The zero-order valence-corrected chi connectivity index (χ0v) is 33.7. The lowest BCUT2D eigenvalue weighted by Crippen LogP contribution is -2.61. The number of nitrogens with zero attached hydrogens (tertiary/aromatic N) is 1. The van der Waals surface area contributed by atoms with Crippen molar-refractivity contribution < 1.29 is 52.6 Å². The van der Waals surface area contributed by atoms with E-state index in [9.17, 15) is 19.5 Å². The maximum absolute atomic E-state index is 14.4. The molecule has 0 saturated carbocycles. The number of ketones is 1. The summed E-state index contributed by atoms with van der Waals surface area (Å²) in [6.45, 7) is 2.12. The number of ether oxygens (including phenoxy) is 7. The van der Waals surface area contributed by atoms with E-state index in [2.05, 4.69) is 0 Å². The van der Waals surface area contributed by atoms with Crippen molar-refractivity contribution in [3.05, 3.63) is 168 Å². The summed E-state index contributed by atoms with van der Waals surface area (Å²) in [7, 11) is 1.51. The first-order chi connectivity index (χ1) is 29.3. The van der Waals surface area contributed by atoms with Crippen LogP contribution in [0.15, 0.2) is 145 Å². The molecule has 314 valence electrons. The van der Waals surface area contributed by atoms with Crippen molar-refractivity contribution in [2.75, 3.05) is 20.3 Å². The Balaban J connectivity index is 1.07. The fourth-order valence-corrected chi connectivity index (χ4v) is 7.84. The highest BCUT2D eigenvalue weighted by molar-refractivity contribution is 6.02. The Hall–Kier alpha value is -5.47. The molecule has 0 spiro atoms. The minimum absolute atomic E-state index is 0.152. The summed E-state index contributed by atoms with van der Waals surface area (Å²) in [6, 6.07) is 37.4. The van der Waals surface area contributed by atoms with E-state index in [0.29, 0.717) is 12.2 Å². The number of hydrogen-bond acceptors (Lipinski definition) is 11. The van der Waals surface area contributed by atoms with Gasteiger partial charge < -0.3 is 38.3 Å². The van der Waals surface area contributed by atoms with Crippen LogP contribution < -0.4 is 0 Å². The molecule has 4 aromatic rings. The lowest BCUT2D eigenvalue weighted by Gasteiger charge is -2.45. The zero-order valence-electron chi connectivity index (χ0n) is 33.7. The van der Waals surface area contributed by atoms with Gasteiger partial charge in [-0.25, -0.2) is 9.69 Å². The first kappa shape index (κ1) is 42.6. The summed E-state index contributed by atoms with van der Waals surface area (Å²) >= 11 is 0. The Morgan fingerprint density at radius 3 is 1.93 bits per heavy atom. The molecule has 12 heteroatoms. The third-order valence-corrected chi connectivity index (χ3v) is 10.9. The van der Waals surface area contributed by atoms with Crippen LogP contribution >= 0.6 is 0 Å². The number of rotatable bonds is 17. The van der Waals surface area contributed by atoms with E-state index in [1.807, 2.05) is 121 Å². The van der Waals surface area contributed by atoms with Gasteiger partial charge in [0.1, 0.15) is 36.3 Å². The standard InChI is InChI=1S/C48H51NO11/c1-32-41(36-22-13-6-14-23-36)60-48(53)49(32)46(52)38(28-33-16-7-3-8-17-33)42-39(51)26-25-37(58-42)24-15-27-55-45-44(57-31-35-20-11-5-12-21-35)43(40(29-50)59-47(45)54-2)56-30-34-18-9-4-10-19-34/h3-14,16-26,32,38,40-45,47,50H,15,27-31H2,1-2H3/t32-,38+,40-,41-,42-,43-,44+,45+,47+/m1/s1. The number of benzene rings is 4.